The fourth-order valence-electron chi connectivity index (χ4n) is 2.70. The molecule has 0 spiro atoms. The van der Waals surface area contributed by atoms with E-state index in [2.05, 4.69) is 50.0 Å². The Labute approximate surface area is 116 Å². The summed E-state index contributed by atoms with van der Waals surface area (Å²) in [5, 5.41) is 3.58. The van der Waals surface area contributed by atoms with Crippen molar-refractivity contribution < 1.29 is 4.74 Å². The molecule has 3 nitrogen and oxygen atoms in total. The van der Waals surface area contributed by atoms with Crippen LogP contribution in [0.15, 0.2) is 24.3 Å². The lowest BCUT2D eigenvalue weighted by Crippen LogP contribution is -2.49. The Morgan fingerprint density at radius 3 is 2.26 bits per heavy atom. The largest absolute Gasteiger partial charge is 0.497 e. The smallest absolute Gasteiger partial charge is 0.119 e. The monoisotopic (exact) mass is 262 g/mol. The molecule has 0 radical (unpaired) electrons. The molecule has 1 fully saturated rings. The molecule has 0 unspecified atom stereocenters. The minimum absolute atomic E-state index is 0.113. The number of benzene rings is 1. The van der Waals surface area contributed by atoms with Crippen molar-refractivity contribution in [2.75, 3.05) is 31.6 Å². The van der Waals surface area contributed by atoms with E-state index in [0.29, 0.717) is 0 Å². The number of nitrogens with one attached hydrogen (secondary N) is 1. The molecule has 0 aliphatic carbocycles. The fourth-order valence-corrected chi connectivity index (χ4v) is 2.70. The van der Waals surface area contributed by atoms with Crippen LogP contribution < -0.4 is 15.0 Å². The van der Waals surface area contributed by atoms with Gasteiger partial charge in [-0.05, 0) is 43.5 Å². The minimum atomic E-state index is 0.113. The average Bonchev–Trinajstić information content (AvgIpc) is 2.45. The van der Waals surface area contributed by atoms with E-state index in [1.165, 1.54) is 5.69 Å². The maximum Gasteiger partial charge on any atom is 0.119 e. The van der Waals surface area contributed by atoms with Gasteiger partial charge in [0, 0.05) is 30.9 Å². The predicted molar refractivity (Wildman–Crippen MR) is 81.1 cm³/mol. The molecule has 1 aromatic rings. The van der Waals surface area contributed by atoms with Crippen molar-refractivity contribution in [3.63, 3.8) is 0 Å². The van der Waals surface area contributed by atoms with Crippen molar-refractivity contribution in [1.82, 2.24) is 5.32 Å². The molecule has 1 aliphatic rings. The number of nitrogens with zero attached hydrogens (tertiary/aromatic N) is 1. The molecule has 0 aromatic heterocycles. The molecule has 2 rings (SSSR count). The van der Waals surface area contributed by atoms with Crippen LogP contribution in [0.5, 0.6) is 5.75 Å². The second-order valence-corrected chi connectivity index (χ2v) is 6.86. The number of hydrogen-bond acceptors (Lipinski definition) is 3. The highest BCUT2D eigenvalue weighted by Gasteiger charge is 2.35. The maximum absolute atomic E-state index is 5.24. The predicted octanol–water partition coefficient (Wildman–Crippen LogP) is 2.91. The highest BCUT2D eigenvalue weighted by Crippen LogP contribution is 2.31. The SMILES string of the molecule is COc1ccc(N2CC(C)(C)CNCC2(C)C)cc1. The second-order valence-electron chi connectivity index (χ2n) is 6.86. The quantitative estimate of drug-likeness (QED) is 0.887. The van der Waals surface area contributed by atoms with Crippen molar-refractivity contribution >= 4 is 5.69 Å². The fraction of sp³-hybridized carbons (Fsp3) is 0.625. The van der Waals surface area contributed by atoms with Gasteiger partial charge in [-0.3, -0.25) is 0 Å². The van der Waals surface area contributed by atoms with Crippen molar-refractivity contribution in [2.24, 2.45) is 5.41 Å². The summed E-state index contributed by atoms with van der Waals surface area (Å²) in [6, 6.07) is 8.39. The maximum atomic E-state index is 5.24. The van der Waals surface area contributed by atoms with Gasteiger partial charge in [0.15, 0.2) is 0 Å². The van der Waals surface area contributed by atoms with Crippen LogP contribution in [0, 0.1) is 5.41 Å². The summed E-state index contributed by atoms with van der Waals surface area (Å²) in [4.78, 5) is 2.51. The van der Waals surface area contributed by atoms with Gasteiger partial charge in [-0.2, -0.15) is 0 Å². The number of anilines is 1. The van der Waals surface area contributed by atoms with E-state index in [-0.39, 0.29) is 11.0 Å². The van der Waals surface area contributed by atoms with Crippen LogP contribution in [0.3, 0.4) is 0 Å². The Morgan fingerprint density at radius 2 is 1.68 bits per heavy atom. The van der Waals surface area contributed by atoms with Crippen molar-refractivity contribution in [3.8, 4) is 5.75 Å². The third-order valence-corrected chi connectivity index (χ3v) is 3.86. The van der Waals surface area contributed by atoms with Crippen molar-refractivity contribution in [1.29, 1.82) is 0 Å². The Bertz CT molecular complexity index is 423. The molecular formula is C16H26N2O. The summed E-state index contributed by atoms with van der Waals surface area (Å²) in [6.07, 6.45) is 0. The number of hydrogen-bond donors (Lipinski definition) is 1. The van der Waals surface area contributed by atoms with Gasteiger partial charge < -0.3 is 15.0 Å². The molecule has 0 amide bonds. The standard InChI is InChI=1S/C16H26N2O/c1-15(2)10-17-11-16(3,4)18(12-15)13-6-8-14(19-5)9-7-13/h6-9,17H,10-12H2,1-5H3. The molecule has 0 saturated carbocycles. The third kappa shape index (κ3) is 3.21. The first-order valence-corrected chi connectivity index (χ1v) is 6.96. The van der Waals surface area contributed by atoms with Gasteiger partial charge in [-0.1, -0.05) is 13.8 Å². The Hall–Kier alpha value is -1.22. The summed E-state index contributed by atoms with van der Waals surface area (Å²) < 4.78 is 5.24. The van der Waals surface area contributed by atoms with E-state index < -0.39 is 0 Å². The normalized spacial score (nSPS) is 21.8. The third-order valence-electron chi connectivity index (χ3n) is 3.86. The molecule has 1 aliphatic heterocycles. The van der Waals surface area contributed by atoms with Gasteiger partial charge in [0.25, 0.3) is 0 Å². The molecule has 1 saturated heterocycles. The van der Waals surface area contributed by atoms with Gasteiger partial charge >= 0.3 is 0 Å². The Morgan fingerprint density at radius 1 is 1.05 bits per heavy atom. The van der Waals surface area contributed by atoms with Crippen LogP contribution in [-0.4, -0.2) is 32.3 Å². The van der Waals surface area contributed by atoms with Gasteiger partial charge in [0.1, 0.15) is 5.75 Å². The average molecular weight is 262 g/mol. The lowest BCUT2D eigenvalue weighted by atomic mass is 9.91. The van der Waals surface area contributed by atoms with E-state index in [0.717, 1.165) is 25.4 Å². The highest BCUT2D eigenvalue weighted by atomic mass is 16.5. The van der Waals surface area contributed by atoms with E-state index in [9.17, 15) is 0 Å². The molecule has 1 N–H and O–H groups in total. The molecule has 0 atom stereocenters. The van der Waals surface area contributed by atoms with Crippen LogP contribution in [0.25, 0.3) is 0 Å². The Kier molecular flexibility index (Phi) is 3.77. The summed E-state index contributed by atoms with van der Waals surface area (Å²) >= 11 is 0. The van der Waals surface area contributed by atoms with Crippen LogP contribution >= 0.6 is 0 Å². The topological polar surface area (TPSA) is 24.5 Å². The van der Waals surface area contributed by atoms with Crippen LogP contribution in [0.4, 0.5) is 5.69 Å². The van der Waals surface area contributed by atoms with Crippen LogP contribution in [0.1, 0.15) is 27.7 Å². The van der Waals surface area contributed by atoms with Gasteiger partial charge in [-0.15, -0.1) is 0 Å². The zero-order valence-corrected chi connectivity index (χ0v) is 12.8. The highest BCUT2D eigenvalue weighted by molar-refractivity contribution is 5.51. The molecule has 0 bridgehead atoms. The summed E-state index contributed by atoms with van der Waals surface area (Å²) in [6.45, 7) is 12.3. The zero-order chi connectivity index (χ0) is 14.1. The van der Waals surface area contributed by atoms with Crippen molar-refractivity contribution in [2.45, 2.75) is 33.2 Å². The lowest BCUT2D eigenvalue weighted by molar-refractivity contribution is 0.365. The van der Waals surface area contributed by atoms with Crippen LogP contribution in [-0.2, 0) is 0 Å². The Balaban J connectivity index is 2.31. The van der Waals surface area contributed by atoms with Crippen molar-refractivity contribution in [3.05, 3.63) is 24.3 Å². The number of methoxy groups -OCH3 is 1. The summed E-state index contributed by atoms with van der Waals surface area (Å²) in [5.41, 5.74) is 1.65. The van der Waals surface area contributed by atoms with E-state index >= 15 is 0 Å². The summed E-state index contributed by atoms with van der Waals surface area (Å²) in [7, 11) is 1.71. The van der Waals surface area contributed by atoms with Crippen LogP contribution in [0.2, 0.25) is 0 Å². The van der Waals surface area contributed by atoms with E-state index in [4.69, 9.17) is 4.74 Å². The summed E-state index contributed by atoms with van der Waals surface area (Å²) in [5.74, 6) is 0.911. The minimum Gasteiger partial charge on any atom is -0.497 e. The first kappa shape index (κ1) is 14.2. The number of ether oxygens (including phenoxy) is 1. The molecule has 19 heavy (non-hydrogen) atoms. The zero-order valence-electron chi connectivity index (χ0n) is 12.8. The van der Waals surface area contributed by atoms with Gasteiger partial charge in [0.2, 0.25) is 0 Å². The number of rotatable bonds is 2. The first-order valence-electron chi connectivity index (χ1n) is 6.96. The molecule has 106 valence electrons. The molecule has 1 aromatic carbocycles. The molecule has 1 heterocycles. The second kappa shape index (κ2) is 5.04. The first-order chi connectivity index (χ1) is 8.84. The molecular weight excluding hydrogens is 236 g/mol. The van der Waals surface area contributed by atoms with E-state index in [1.807, 2.05) is 12.1 Å². The molecule has 3 heteroatoms. The van der Waals surface area contributed by atoms with Gasteiger partial charge in [0.05, 0.1) is 7.11 Å². The van der Waals surface area contributed by atoms with Gasteiger partial charge in [-0.25, -0.2) is 0 Å². The van der Waals surface area contributed by atoms with E-state index in [1.54, 1.807) is 7.11 Å². The lowest BCUT2D eigenvalue weighted by Gasteiger charge is -2.41.